The number of hydrogen-bond donors (Lipinski definition) is 1. The van der Waals surface area contributed by atoms with E-state index in [4.69, 9.17) is 14.2 Å². The summed E-state index contributed by atoms with van der Waals surface area (Å²) in [4.78, 5) is 38.9. The van der Waals surface area contributed by atoms with Crippen LogP contribution >= 0.6 is 0 Å². The molecule has 4 rings (SSSR count). The Kier molecular flexibility index (Phi) is 4.18. The molecule has 8 heteroatoms. The number of ether oxygens (including phenoxy) is 3. The van der Waals surface area contributed by atoms with Crippen LogP contribution in [0.5, 0.6) is 17.2 Å². The third kappa shape index (κ3) is 2.83. The minimum Gasteiger partial charge on any atom is -0.497 e. The summed E-state index contributed by atoms with van der Waals surface area (Å²) < 4.78 is 15.7. The Balaban J connectivity index is 1.55. The first kappa shape index (κ1) is 17.8. The second-order valence-electron chi connectivity index (χ2n) is 6.67. The van der Waals surface area contributed by atoms with E-state index in [0.29, 0.717) is 28.4 Å². The molecule has 2 aliphatic rings. The quantitative estimate of drug-likeness (QED) is 0.629. The molecule has 1 fully saturated rings. The van der Waals surface area contributed by atoms with Crippen molar-refractivity contribution in [1.29, 1.82) is 0 Å². The van der Waals surface area contributed by atoms with E-state index in [1.165, 1.54) is 7.11 Å². The summed E-state index contributed by atoms with van der Waals surface area (Å²) in [5.74, 6) is 0.852. The van der Waals surface area contributed by atoms with Crippen LogP contribution in [-0.4, -0.2) is 43.1 Å². The van der Waals surface area contributed by atoms with E-state index in [2.05, 4.69) is 5.32 Å². The van der Waals surface area contributed by atoms with E-state index in [9.17, 15) is 14.4 Å². The molecule has 0 spiro atoms. The third-order valence-corrected chi connectivity index (χ3v) is 4.94. The summed E-state index contributed by atoms with van der Waals surface area (Å²) in [5.41, 5.74) is -0.356. The van der Waals surface area contributed by atoms with E-state index in [1.807, 2.05) is 0 Å². The van der Waals surface area contributed by atoms with Gasteiger partial charge in [0, 0.05) is 5.56 Å². The van der Waals surface area contributed by atoms with Crippen molar-refractivity contribution in [3.8, 4) is 17.2 Å². The molecule has 0 bridgehead atoms. The highest BCUT2D eigenvalue weighted by molar-refractivity contribution is 6.11. The number of carbonyl (C=O) groups excluding carboxylic acids is 3. The van der Waals surface area contributed by atoms with E-state index in [-0.39, 0.29) is 19.1 Å². The van der Waals surface area contributed by atoms with E-state index in [0.717, 1.165) is 4.90 Å². The number of rotatable bonds is 5. The van der Waals surface area contributed by atoms with Crippen molar-refractivity contribution in [1.82, 2.24) is 10.2 Å². The minimum atomic E-state index is -1.29. The van der Waals surface area contributed by atoms with Gasteiger partial charge in [0.1, 0.15) is 11.3 Å². The molecule has 8 nitrogen and oxygen atoms in total. The van der Waals surface area contributed by atoms with Crippen molar-refractivity contribution < 1.29 is 28.6 Å². The second kappa shape index (κ2) is 6.56. The van der Waals surface area contributed by atoms with E-state index >= 15 is 0 Å². The average molecular weight is 382 g/mol. The van der Waals surface area contributed by atoms with Gasteiger partial charge in [-0.05, 0) is 48.9 Å². The maximum atomic E-state index is 13.0. The van der Waals surface area contributed by atoms with Gasteiger partial charge in [-0.15, -0.1) is 0 Å². The predicted molar refractivity (Wildman–Crippen MR) is 97.5 cm³/mol. The SMILES string of the molecule is COc1ccc(C(=O)CN2C(=O)N[C@](C)(c3ccc4c(c3)OCO4)C2=O)cc1. The lowest BCUT2D eigenvalue weighted by molar-refractivity contribution is -0.130. The molecule has 0 radical (unpaired) electrons. The maximum absolute atomic E-state index is 13.0. The first-order valence-corrected chi connectivity index (χ1v) is 8.64. The van der Waals surface area contributed by atoms with Gasteiger partial charge >= 0.3 is 6.03 Å². The van der Waals surface area contributed by atoms with Crippen LogP contribution < -0.4 is 19.5 Å². The molecule has 2 aromatic carbocycles. The van der Waals surface area contributed by atoms with Crippen molar-refractivity contribution >= 4 is 17.7 Å². The number of hydrogen-bond acceptors (Lipinski definition) is 6. The van der Waals surface area contributed by atoms with Crippen molar-refractivity contribution in [3.05, 3.63) is 53.6 Å². The zero-order valence-electron chi connectivity index (χ0n) is 15.4. The van der Waals surface area contributed by atoms with Crippen LogP contribution in [0, 0.1) is 0 Å². The topological polar surface area (TPSA) is 94.2 Å². The molecule has 0 unspecified atom stereocenters. The van der Waals surface area contributed by atoms with Gasteiger partial charge in [-0.2, -0.15) is 0 Å². The van der Waals surface area contributed by atoms with E-state index < -0.39 is 17.5 Å². The summed E-state index contributed by atoms with van der Waals surface area (Å²) in [7, 11) is 1.53. The minimum absolute atomic E-state index is 0.109. The third-order valence-electron chi connectivity index (χ3n) is 4.94. The van der Waals surface area contributed by atoms with Crippen LogP contribution in [0.1, 0.15) is 22.8 Å². The van der Waals surface area contributed by atoms with Crippen LogP contribution in [0.3, 0.4) is 0 Å². The Bertz CT molecular complexity index is 971. The van der Waals surface area contributed by atoms with Crippen molar-refractivity contribution in [3.63, 3.8) is 0 Å². The molecule has 2 aliphatic heterocycles. The largest absolute Gasteiger partial charge is 0.497 e. The van der Waals surface area contributed by atoms with Crippen LogP contribution in [0.25, 0.3) is 0 Å². The zero-order valence-corrected chi connectivity index (χ0v) is 15.4. The number of benzene rings is 2. The van der Waals surface area contributed by atoms with Crippen LogP contribution in [-0.2, 0) is 10.3 Å². The molecule has 3 amide bonds. The Morgan fingerprint density at radius 1 is 1.14 bits per heavy atom. The van der Waals surface area contributed by atoms with Crippen LogP contribution in [0.4, 0.5) is 4.79 Å². The van der Waals surface area contributed by atoms with Crippen molar-refractivity contribution in [2.45, 2.75) is 12.5 Å². The summed E-state index contributed by atoms with van der Waals surface area (Å²) in [6.07, 6.45) is 0. The Hall–Kier alpha value is -3.55. The highest BCUT2D eigenvalue weighted by Gasteiger charge is 2.49. The maximum Gasteiger partial charge on any atom is 0.325 e. The molecule has 1 atom stereocenters. The average Bonchev–Trinajstić information content (AvgIpc) is 3.26. The number of methoxy groups -OCH3 is 1. The number of nitrogens with one attached hydrogen (secondary N) is 1. The lowest BCUT2D eigenvalue weighted by Gasteiger charge is -2.22. The highest BCUT2D eigenvalue weighted by atomic mass is 16.7. The molecule has 144 valence electrons. The van der Waals surface area contributed by atoms with Crippen LogP contribution in [0.2, 0.25) is 0 Å². The van der Waals surface area contributed by atoms with Gasteiger partial charge in [0.15, 0.2) is 17.3 Å². The smallest absolute Gasteiger partial charge is 0.325 e. The lowest BCUT2D eigenvalue weighted by atomic mass is 9.91. The van der Waals surface area contributed by atoms with Crippen LogP contribution in [0.15, 0.2) is 42.5 Å². The number of ketones is 1. The van der Waals surface area contributed by atoms with E-state index in [1.54, 1.807) is 49.4 Å². The van der Waals surface area contributed by atoms with Crippen molar-refractivity contribution in [2.24, 2.45) is 0 Å². The summed E-state index contributed by atoms with van der Waals surface area (Å²) in [5, 5.41) is 2.68. The predicted octanol–water partition coefficient (Wildman–Crippen LogP) is 2.07. The molecule has 0 aromatic heterocycles. The number of Topliss-reactive ketones (excluding diaryl/α,β-unsaturated/α-hetero) is 1. The number of urea groups is 1. The fourth-order valence-electron chi connectivity index (χ4n) is 3.26. The Labute approximate surface area is 161 Å². The number of amides is 3. The molecule has 0 aliphatic carbocycles. The number of imide groups is 1. The zero-order chi connectivity index (χ0) is 19.9. The number of fused-ring (bicyclic) bond motifs is 1. The molecular formula is C20H18N2O6. The van der Waals surface area contributed by atoms with Gasteiger partial charge in [-0.3, -0.25) is 14.5 Å². The Morgan fingerprint density at radius 2 is 1.86 bits per heavy atom. The lowest BCUT2D eigenvalue weighted by Crippen LogP contribution is -2.41. The first-order chi connectivity index (χ1) is 13.4. The second-order valence-corrected chi connectivity index (χ2v) is 6.67. The molecule has 1 N–H and O–H groups in total. The fraction of sp³-hybridized carbons (Fsp3) is 0.250. The van der Waals surface area contributed by atoms with Gasteiger partial charge in [-0.25, -0.2) is 4.79 Å². The van der Waals surface area contributed by atoms with Crippen molar-refractivity contribution in [2.75, 3.05) is 20.4 Å². The molecule has 28 heavy (non-hydrogen) atoms. The highest BCUT2D eigenvalue weighted by Crippen LogP contribution is 2.37. The molecular weight excluding hydrogens is 364 g/mol. The normalized spacial score (nSPS) is 20.3. The van der Waals surface area contributed by atoms with Gasteiger partial charge < -0.3 is 19.5 Å². The first-order valence-electron chi connectivity index (χ1n) is 8.64. The van der Waals surface area contributed by atoms with Gasteiger partial charge in [0.25, 0.3) is 5.91 Å². The molecule has 0 saturated carbocycles. The molecule has 2 heterocycles. The Morgan fingerprint density at radius 3 is 2.57 bits per heavy atom. The standard InChI is InChI=1S/C20H18N2O6/c1-20(13-5-8-16-17(9-13)28-11-27-16)18(24)22(19(25)21-20)10-15(23)12-3-6-14(26-2)7-4-12/h3-9H,10-11H2,1-2H3,(H,21,25)/t20-/m1/s1. The van der Waals surface area contributed by atoms with Gasteiger partial charge in [0.05, 0.1) is 13.7 Å². The van der Waals surface area contributed by atoms with Gasteiger partial charge in [0.2, 0.25) is 6.79 Å². The number of nitrogens with zero attached hydrogens (tertiary/aromatic N) is 1. The molecule has 2 aromatic rings. The van der Waals surface area contributed by atoms with Gasteiger partial charge in [-0.1, -0.05) is 6.07 Å². The molecule has 1 saturated heterocycles. The summed E-state index contributed by atoms with van der Waals surface area (Å²) in [6.45, 7) is 1.36. The monoisotopic (exact) mass is 382 g/mol. The summed E-state index contributed by atoms with van der Waals surface area (Å²) in [6, 6.07) is 10.9. The fourth-order valence-corrected chi connectivity index (χ4v) is 3.26. The summed E-state index contributed by atoms with van der Waals surface area (Å²) >= 11 is 0. The number of carbonyl (C=O) groups is 3.